The van der Waals surface area contributed by atoms with Gasteiger partial charge in [0.25, 0.3) is 5.91 Å². The monoisotopic (exact) mass is 337 g/mol. The molecule has 0 spiro atoms. The molecule has 1 atom stereocenters. The van der Waals surface area contributed by atoms with Crippen LogP contribution in [0.3, 0.4) is 0 Å². The highest BCUT2D eigenvalue weighted by Crippen LogP contribution is 2.34. The Hall–Kier alpha value is -2.66. The highest BCUT2D eigenvalue weighted by atomic mass is 19.1. The van der Waals surface area contributed by atoms with Crippen LogP contribution in [-0.2, 0) is 4.79 Å². The maximum absolute atomic E-state index is 13.4. The fraction of sp³-hybridized carbons (Fsp3) is 0.250. The van der Waals surface area contributed by atoms with Crippen molar-refractivity contribution in [3.63, 3.8) is 0 Å². The predicted octanol–water partition coefficient (Wildman–Crippen LogP) is 3.88. The van der Waals surface area contributed by atoms with Crippen molar-refractivity contribution in [2.24, 2.45) is 5.92 Å². The minimum Gasteiger partial charge on any atom is -0.321 e. The van der Waals surface area contributed by atoms with Crippen molar-refractivity contribution in [2.75, 3.05) is 23.4 Å². The molecule has 1 saturated heterocycles. The number of carbonyl (C=O) groups excluding carboxylic acids is 1. The largest absolute Gasteiger partial charge is 0.321 e. The smallest absolute Gasteiger partial charge is 0.257 e. The molecule has 4 nitrogen and oxygen atoms in total. The van der Waals surface area contributed by atoms with E-state index in [0.29, 0.717) is 17.2 Å². The first-order valence-electron chi connectivity index (χ1n) is 8.54. The van der Waals surface area contributed by atoms with E-state index in [2.05, 4.69) is 22.3 Å². The number of fused-ring (bicyclic) bond motifs is 1. The SMILES string of the molecule is CC1CCN(N(C=C2C(=O)Nc3cc(F)ccc32)c2ccccc2)C1. The molecule has 2 aromatic rings. The number of hydrogen-bond donors (Lipinski definition) is 1. The van der Waals surface area contributed by atoms with E-state index in [1.807, 2.05) is 36.5 Å². The standard InChI is InChI=1S/C20H20FN3O/c1-14-9-10-23(12-14)24(16-5-3-2-4-6-16)13-18-17-8-7-15(21)11-19(17)22-20(18)25/h2-8,11,13-14H,9-10,12H2,1H3,(H,22,25). The summed E-state index contributed by atoms with van der Waals surface area (Å²) in [5.41, 5.74) is 2.82. The van der Waals surface area contributed by atoms with Gasteiger partial charge in [-0.05, 0) is 42.7 Å². The number of anilines is 2. The second-order valence-corrected chi connectivity index (χ2v) is 6.67. The van der Waals surface area contributed by atoms with Crippen LogP contribution < -0.4 is 10.3 Å². The molecule has 1 unspecified atom stereocenters. The van der Waals surface area contributed by atoms with E-state index in [0.717, 1.165) is 30.8 Å². The quantitative estimate of drug-likeness (QED) is 0.864. The van der Waals surface area contributed by atoms with E-state index < -0.39 is 0 Å². The molecule has 0 radical (unpaired) electrons. The average molecular weight is 337 g/mol. The van der Waals surface area contributed by atoms with Gasteiger partial charge in [-0.3, -0.25) is 9.80 Å². The highest BCUT2D eigenvalue weighted by molar-refractivity contribution is 6.31. The summed E-state index contributed by atoms with van der Waals surface area (Å²) in [6, 6.07) is 14.4. The Kier molecular flexibility index (Phi) is 4.01. The Labute approximate surface area is 146 Å². The molecule has 25 heavy (non-hydrogen) atoms. The molecular weight excluding hydrogens is 317 g/mol. The Morgan fingerprint density at radius 3 is 2.76 bits per heavy atom. The summed E-state index contributed by atoms with van der Waals surface area (Å²) in [4.78, 5) is 12.4. The lowest BCUT2D eigenvalue weighted by Crippen LogP contribution is -2.37. The summed E-state index contributed by atoms with van der Waals surface area (Å²) in [6.07, 6.45) is 2.99. The first-order chi connectivity index (χ1) is 12.1. The Balaban J connectivity index is 1.76. The number of nitrogens with one attached hydrogen (secondary N) is 1. The summed E-state index contributed by atoms with van der Waals surface area (Å²) in [7, 11) is 0. The third-order valence-corrected chi connectivity index (χ3v) is 4.74. The molecule has 2 aliphatic heterocycles. The Bertz CT molecular complexity index is 834. The predicted molar refractivity (Wildman–Crippen MR) is 97.3 cm³/mol. The summed E-state index contributed by atoms with van der Waals surface area (Å²) in [5.74, 6) is 0.0609. The van der Waals surface area contributed by atoms with Gasteiger partial charge < -0.3 is 5.32 Å². The minimum atomic E-state index is -0.353. The average Bonchev–Trinajstić information content (AvgIpc) is 3.16. The van der Waals surface area contributed by atoms with Crippen molar-refractivity contribution >= 4 is 22.9 Å². The maximum atomic E-state index is 13.4. The van der Waals surface area contributed by atoms with Gasteiger partial charge in [0, 0.05) is 24.9 Å². The lowest BCUT2D eigenvalue weighted by atomic mass is 10.1. The number of nitrogens with zero attached hydrogens (tertiary/aromatic N) is 2. The van der Waals surface area contributed by atoms with E-state index in [9.17, 15) is 9.18 Å². The minimum absolute atomic E-state index is 0.200. The van der Waals surface area contributed by atoms with Crippen molar-refractivity contribution in [3.8, 4) is 0 Å². The Morgan fingerprint density at radius 2 is 2.04 bits per heavy atom. The van der Waals surface area contributed by atoms with Crippen LogP contribution in [0.15, 0.2) is 54.7 Å². The molecular formula is C20H20FN3O. The van der Waals surface area contributed by atoms with Gasteiger partial charge in [-0.15, -0.1) is 0 Å². The summed E-state index contributed by atoms with van der Waals surface area (Å²) in [6.45, 7) is 4.12. The van der Waals surface area contributed by atoms with Crippen LogP contribution in [0.4, 0.5) is 15.8 Å². The molecule has 5 heteroatoms. The molecule has 4 rings (SSSR count). The summed E-state index contributed by atoms with van der Waals surface area (Å²) >= 11 is 0. The topological polar surface area (TPSA) is 35.6 Å². The van der Waals surface area contributed by atoms with Gasteiger partial charge in [-0.2, -0.15) is 0 Å². The van der Waals surface area contributed by atoms with Crippen LogP contribution in [0.25, 0.3) is 5.57 Å². The molecule has 128 valence electrons. The van der Waals surface area contributed by atoms with Crippen molar-refractivity contribution in [1.82, 2.24) is 5.01 Å². The zero-order valence-electron chi connectivity index (χ0n) is 14.1. The Morgan fingerprint density at radius 1 is 1.24 bits per heavy atom. The second-order valence-electron chi connectivity index (χ2n) is 6.67. The van der Waals surface area contributed by atoms with E-state index >= 15 is 0 Å². The van der Waals surface area contributed by atoms with Gasteiger partial charge in [-0.25, -0.2) is 9.40 Å². The van der Waals surface area contributed by atoms with Gasteiger partial charge >= 0.3 is 0 Å². The number of benzene rings is 2. The lowest BCUT2D eigenvalue weighted by Gasteiger charge is -2.31. The van der Waals surface area contributed by atoms with Gasteiger partial charge in [0.05, 0.1) is 16.9 Å². The van der Waals surface area contributed by atoms with Gasteiger partial charge in [0.15, 0.2) is 0 Å². The molecule has 0 saturated carbocycles. The number of rotatable bonds is 3. The van der Waals surface area contributed by atoms with E-state index in [1.165, 1.54) is 12.1 Å². The van der Waals surface area contributed by atoms with Gasteiger partial charge in [-0.1, -0.05) is 25.1 Å². The fourth-order valence-electron chi connectivity index (χ4n) is 3.42. The van der Waals surface area contributed by atoms with Crippen LogP contribution in [0.2, 0.25) is 0 Å². The first kappa shape index (κ1) is 15.8. The number of amides is 1. The lowest BCUT2D eigenvalue weighted by molar-refractivity contribution is -0.110. The van der Waals surface area contributed by atoms with Crippen LogP contribution in [-0.4, -0.2) is 24.0 Å². The number of carbonyl (C=O) groups is 1. The van der Waals surface area contributed by atoms with Crippen LogP contribution in [0.5, 0.6) is 0 Å². The van der Waals surface area contributed by atoms with Crippen LogP contribution in [0, 0.1) is 11.7 Å². The molecule has 2 aliphatic rings. The van der Waals surface area contributed by atoms with Crippen LogP contribution in [0.1, 0.15) is 18.9 Å². The van der Waals surface area contributed by atoms with Crippen molar-refractivity contribution in [1.29, 1.82) is 0 Å². The van der Waals surface area contributed by atoms with Gasteiger partial charge in [0.2, 0.25) is 0 Å². The number of para-hydroxylation sites is 1. The van der Waals surface area contributed by atoms with E-state index in [4.69, 9.17) is 0 Å². The molecule has 1 N–H and O–H groups in total. The van der Waals surface area contributed by atoms with E-state index in [-0.39, 0.29) is 11.7 Å². The normalized spacial score (nSPS) is 21.4. The number of halogens is 1. The first-order valence-corrected chi connectivity index (χ1v) is 8.54. The van der Waals surface area contributed by atoms with E-state index in [1.54, 1.807) is 6.07 Å². The zero-order chi connectivity index (χ0) is 17.4. The number of hydrogen-bond acceptors (Lipinski definition) is 3. The maximum Gasteiger partial charge on any atom is 0.257 e. The fourth-order valence-corrected chi connectivity index (χ4v) is 3.42. The molecule has 2 aromatic carbocycles. The zero-order valence-corrected chi connectivity index (χ0v) is 14.1. The van der Waals surface area contributed by atoms with Crippen LogP contribution >= 0.6 is 0 Å². The molecule has 0 aromatic heterocycles. The second kappa shape index (κ2) is 6.33. The highest BCUT2D eigenvalue weighted by Gasteiger charge is 2.29. The summed E-state index contributed by atoms with van der Waals surface area (Å²) in [5, 5.41) is 7.06. The van der Waals surface area contributed by atoms with Gasteiger partial charge in [0.1, 0.15) is 5.82 Å². The van der Waals surface area contributed by atoms with Crippen molar-refractivity contribution in [3.05, 3.63) is 66.1 Å². The third-order valence-electron chi connectivity index (χ3n) is 4.74. The molecule has 0 bridgehead atoms. The summed E-state index contributed by atoms with van der Waals surface area (Å²) < 4.78 is 13.4. The number of hydrazine groups is 1. The molecule has 1 amide bonds. The third kappa shape index (κ3) is 3.03. The molecule has 0 aliphatic carbocycles. The molecule has 2 heterocycles. The van der Waals surface area contributed by atoms with Crippen molar-refractivity contribution < 1.29 is 9.18 Å². The van der Waals surface area contributed by atoms with Crippen molar-refractivity contribution in [2.45, 2.75) is 13.3 Å². The molecule has 1 fully saturated rings.